The van der Waals surface area contributed by atoms with Crippen molar-refractivity contribution >= 4 is 11.3 Å². The molecule has 4 rings (SSSR count). The second-order valence-corrected chi connectivity index (χ2v) is 6.57. The first-order chi connectivity index (χ1) is 9.76. The van der Waals surface area contributed by atoms with E-state index in [4.69, 9.17) is 9.15 Å². The van der Waals surface area contributed by atoms with Crippen molar-refractivity contribution in [2.24, 2.45) is 5.92 Å². The second kappa shape index (κ2) is 4.61. The van der Waals surface area contributed by atoms with E-state index in [9.17, 15) is 0 Å². The minimum atomic E-state index is -0.126. The van der Waals surface area contributed by atoms with Gasteiger partial charge >= 0.3 is 0 Å². The van der Waals surface area contributed by atoms with Crippen LogP contribution in [-0.2, 0) is 16.7 Å². The van der Waals surface area contributed by atoms with E-state index in [1.807, 2.05) is 18.5 Å². The number of nitrogens with zero attached hydrogens (tertiary/aromatic N) is 4. The largest absolute Gasteiger partial charge is 0.425 e. The maximum Gasteiger partial charge on any atom is 0.226 e. The number of aromatic nitrogens is 3. The van der Waals surface area contributed by atoms with Crippen LogP contribution in [0, 0.1) is 12.8 Å². The van der Waals surface area contributed by atoms with Gasteiger partial charge in [-0.05, 0) is 0 Å². The second-order valence-electron chi connectivity index (χ2n) is 5.59. The van der Waals surface area contributed by atoms with E-state index in [1.165, 1.54) is 0 Å². The molecule has 0 unspecified atom stereocenters. The predicted octanol–water partition coefficient (Wildman–Crippen LogP) is 1.23. The molecule has 0 N–H and O–H groups in total. The van der Waals surface area contributed by atoms with Gasteiger partial charge in [0.25, 0.3) is 0 Å². The molecule has 6 nitrogen and oxygen atoms in total. The zero-order chi connectivity index (χ0) is 13.6. The molecule has 2 fully saturated rings. The van der Waals surface area contributed by atoms with Crippen LogP contribution in [0.5, 0.6) is 0 Å². The monoisotopic (exact) mass is 292 g/mol. The molecule has 0 aliphatic carbocycles. The molecule has 7 heteroatoms. The third kappa shape index (κ3) is 1.88. The summed E-state index contributed by atoms with van der Waals surface area (Å²) in [5.41, 5.74) is -0.126. The van der Waals surface area contributed by atoms with Gasteiger partial charge in [-0.3, -0.25) is 4.90 Å². The van der Waals surface area contributed by atoms with Gasteiger partial charge in [0.15, 0.2) is 0 Å². The maximum absolute atomic E-state index is 5.71. The van der Waals surface area contributed by atoms with Crippen LogP contribution >= 0.6 is 11.3 Å². The number of hydrogen-bond donors (Lipinski definition) is 0. The number of aryl methyl sites for hydroxylation is 1. The van der Waals surface area contributed by atoms with Crippen LogP contribution in [0.1, 0.15) is 16.8 Å². The molecule has 0 saturated carbocycles. The lowest BCUT2D eigenvalue weighted by atomic mass is 9.81. The van der Waals surface area contributed by atoms with E-state index in [1.54, 1.807) is 11.3 Å². The van der Waals surface area contributed by atoms with Crippen LogP contribution in [0.3, 0.4) is 0 Å². The molecule has 2 atom stereocenters. The van der Waals surface area contributed by atoms with Crippen molar-refractivity contribution in [3.63, 3.8) is 0 Å². The van der Waals surface area contributed by atoms with E-state index >= 15 is 0 Å². The molecule has 20 heavy (non-hydrogen) atoms. The summed E-state index contributed by atoms with van der Waals surface area (Å²) >= 11 is 1.70. The van der Waals surface area contributed by atoms with Gasteiger partial charge in [0.2, 0.25) is 11.8 Å². The summed E-state index contributed by atoms with van der Waals surface area (Å²) in [6, 6.07) is 0. The highest BCUT2D eigenvalue weighted by Gasteiger charge is 2.55. The number of hydrogen-bond acceptors (Lipinski definition) is 7. The number of fused-ring (bicyclic) bond motifs is 1. The summed E-state index contributed by atoms with van der Waals surface area (Å²) in [4.78, 5) is 6.79. The van der Waals surface area contributed by atoms with Crippen molar-refractivity contribution in [2.45, 2.75) is 18.9 Å². The van der Waals surface area contributed by atoms with Gasteiger partial charge in [0, 0.05) is 37.5 Å². The van der Waals surface area contributed by atoms with Crippen LogP contribution in [-0.4, -0.2) is 46.4 Å². The van der Waals surface area contributed by atoms with Gasteiger partial charge < -0.3 is 9.15 Å². The predicted molar refractivity (Wildman–Crippen MR) is 72.4 cm³/mol. The Kier molecular flexibility index (Phi) is 2.87. The van der Waals surface area contributed by atoms with E-state index in [0.717, 1.165) is 37.1 Å². The van der Waals surface area contributed by atoms with Crippen LogP contribution < -0.4 is 0 Å². The Morgan fingerprint density at radius 3 is 3.20 bits per heavy atom. The van der Waals surface area contributed by atoms with Crippen LogP contribution in [0.25, 0.3) is 0 Å². The molecule has 0 spiro atoms. The van der Waals surface area contributed by atoms with Crippen molar-refractivity contribution < 1.29 is 9.15 Å². The average Bonchev–Trinajstić information content (AvgIpc) is 3.12. The number of likely N-dealkylation sites (tertiary alicyclic amines) is 1. The fourth-order valence-corrected chi connectivity index (χ4v) is 3.94. The Labute approximate surface area is 120 Å². The van der Waals surface area contributed by atoms with Gasteiger partial charge in [0.05, 0.1) is 25.2 Å². The Balaban J connectivity index is 1.59. The van der Waals surface area contributed by atoms with Crippen molar-refractivity contribution in [2.75, 3.05) is 26.3 Å². The summed E-state index contributed by atoms with van der Waals surface area (Å²) in [7, 11) is 0. The van der Waals surface area contributed by atoms with Crippen molar-refractivity contribution in [3.05, 3.63) is 28.4 Å². The first-order valence-electron chi connectivity index (χ1n) is 6.75. The Bertz CT molecular complexity index is 599. The van der Waals surface area contributed by atoms with Crippen molar-refractivity contribution in [1.29, 1.82) is 0 Å². The summed E-state index contributed by atoms with van der Waals surface area (Å²) in [5.74, 6) is 1.79. The topological polar surface area (TPSA) is 64.3 Å². The van der Waals surface area contributed by atoms with E-state index < -0.39 is 0 Å². The lowest BCUT2D eigenvalue weighted by Gasteiger charge is -2.22. The molecule has 0 amide bonds. The molecule has 2 aliphatic heterocycles. The van der Waals surface area contributed by atoms with Gasteiger partial charge in [-0.2, -0.15) is 0 Å². The van der Waals surface area contributed by atoms with Gasteiger partial charge in [-0.25, -0.2) is 4.98 Å². The first kappa shape index (κ1) is 12.4. The van der Waals surface area contributed by atoms with Crippen LogP contribution in [0.4, 0.5) is 0 Å². The third-order valence-electron chi connectivity index (χ3n) is 4.24. The third-order valence-corrected chi connectivity index (χ3v) is 5.00. The molecule has 2 saturated heterocycles. The minimum absolute atomic E-state index is 0.126. The summed E-state index contributed by atoms with van der Waals surface area (Å²) in [5, 5.41) is 11.4. The maximum atomic E-state index is 5.71. The van der Waals surface area contributed by atoms with E-state index in [-0.39, 0.29) is 5.41 Å². The summed E-state index contributed by atoms with van der Waals surface area (Å²) in [6.07, 6.45) is 1.86. The van der Waals surface area contributed by atoms with E-state index in [0.29, 0.717) is 18.4 Å². The highest BCUT2D eigenvalue weighted by molar-refractivity contribution is 7.09. The highest BCUT2D eigenvalue weighted by atomic mass is 32.1. The molecule has 0 bridgehead atoms. The molecule has 0 radical (unpaired) electrons. The molecule has 2 aromatic heterocycles. The Morgan fingerprint density at radius 1 is 1.50 bits per heavy atom. The fraction of sp³-hybridized carbons (Fsp3) is 0.615. The molecular formula is C13H16N4O2S. The fourth-order valence-electron chi connectivity index (χ4n) is 3.28. The molecule has 2 aliphatic rings. The number of ether oxygens (including phenoxy) is 1. The van der Waals surface area contributed by atoms with Crippen LogP contribution in [0.2, 0.25) is 0 Å². The van der Waals surface area contributed by atoms with Gasteiger partial charge in [-0.1, -0.05) is 0 Å². The summed E-state index contributed by atoms with van der Waals surface area (Å²) < 4.78 is 11.4. The lowest BCUT2D eigenvalue weighted by molar-refractivity contribution is 0.140. The molecular weight excluding hydrogens is 276 g/mol. The lowest BCUT2D eigenvalue weighted by Crippen LogP contribution is -2.35. The minimum Gasteiger partial charge on any atom is -0.425 e. The molecule has 2 aromatic rings. The quantitative estimate of drug-likeness (QED) is 0.848. The normalized spacial score (nSPS) is 29.9. The standard InChI is InChI=1S/C13H16N4O2S/c1-9-15-16-12(19-9)13-7-17(4-10(13)6-18-8-13)5-11-14-2-3-20-11/h2-3,10H,4-8H2,1H3/t10-,13-/m1/s1. The molecule has 4 heterocycles. The van der Waals surface area contributed by atoms with Gasteiger partial charge in [0.1, 0.15) is 5.01 Å². The average molecular weight is 292 g/mol. The number of rotatable bonds is 3. The zero-order valence-corrected chi connectivity index (χ0v) is 12.1. The van der Waals surface area contributed by atoms with Crippen LogP contribution in [0.15, 0.2) is 16.0 Å². The Morgan fingerprint density at radius 2 is 2.45 bits per heavy atom. The van der Waals surface area contributed by atoms with Gasteiger partial charge in [-0.15, -0.1) is 21.5 Å². The SMILES string of the molecule is Cc1nnc([C@]23COC[C@H]2CN(Cc2nccs2)C3)o1. The van der Waals surface area contributed by atoms with E-state index in [2.05, 4.69) is 20.1 Å². The number of thiazole rings is 1. The zero-order valence-electron chi connectivity index (χ0n) is 11.3. The van der Waals surface area contributed by atoms with Crippen molar-refractivity contribution in [3.8, 4) is 0 Å². The highest BCUT2D eigenvalue weighted by Crippen LogP contribution is 2.43. The Hall–Kier alpha value is -1.31. The molecule has 0 aromatic carbocycles. The first-order valence-corrected chi connectivity index (χ1v) is 7.63. The molecule has 106 valence electrons. The smallest absolute Gasteiger partial charge is 0.226 e. The van der Waals surface area contributed by atoms with Crippen molar-refractivity contribution in [1.82, 2.24) is 20.1 Å². The summed E-state index contributed by atoms with van der Waals surface area (Å²) in [6.45, 7) is 6.08.